The first-order chi connectivity index (χ1) is 25.7. The van der Waals surface area contributed by atoms with Gasteiger partial charge in [-0.1, -0.05) is 41.9 Å². The number of benzene rings is 4. The summed E-state index contributed by atoms with van der Waals surface area (Å²) in [5.41, 5.74) is 6.37. The summed E-state index contributed by atoms with van der Waals surface area (Å²) in [6, 6.07) is 26.2. The second kappa shape index (κ2) is 15.9. The molecule has 3 aliphatic rings. The lowest BCUT2D eigenvalue weighted by Gasteiger charge is -2.40. The summed E-state index contributed by atoms with van der Waals surface area (Å²) in [7, 11) is 0. The minimum Gasteiger partial charge on any atom is -0.508 e. The van der Waals surface area contributed by atoms with Crippen molar-refractivity contribution in [2.24, 2.45) is 0 Å². The van der Waals surface area contributed by atoms with Gasteiger partial charge in [0.25, 0.3) is 11.8 Å². The van der Waals surface area contributed by atoms with Gasteiger partial charge in [-0.25, -0.2) is 4.39 Å². The molecule has 0 aliphatic carbocycles. The van der Waals surface area contributed by atoms with E-state index in [4.69, 9.17) is 21.1 Å². The molecule has 1 saturated heterocycles. The number of nitrogens with zero attached hydrogens (tertiary/aromatic N) is 4. The van der Waals surface area contributed by atoms with Crippen LogP contribution in [0.2, 0.25) is 5.02 Å². The van der Waals surface area contributed by atoms with Gasteiger partial charge in [-0.05, 0) is 90.7 Å². The van der Waals surface area contributed by atoms with Gasteiger partial charge in [-0.2, -0.15) is 0 Å². The van der Waals surface area contributed by atoms with Crippen LogP contribution in [0.5, 0.6) is 5.75 Å². The van der Waals surface area contributed by atoms with Crippen LogP contribution in [-0.4, -0.2) is 76.8 Å². The van der Waals surface area contributed by atoms with Gasteiger partial charge in [-0.15, -0.1) is 12.4 Å². The molecule has 8 rings (SSSR count). The minimum absolute atomic E-state index is 0. The number of carbonyl (C=O) groups is 2. The van der Waals surface area contributed by atoms with Gasteiger partial charge in [0.05, 0.1) is 49.1 Å². The maximum absolute atomic E-state index is 15.0. The monoisotopic (exact) mass is 770 g/mol. The SMILES string of the molecule is Cc1ccc(N(C(=O)c2cc(-c3cc(Cl)ccc3C(=O)N3Cc4ccccc4C[C@H]3CN3CCOCC3)n3c2COCC3)c2ccc(O)cc2)cc1F.Cl. The number of hydrogen-bond donors (Lipinski definition) is 1. The zero-order chi connectivity index (χ0) is 36.6. The summed E-state index contributed by atoms with van der Waals surface area (Å²) in [6.45, 7) is 6.89. The van der Waals surface area contributed by atoms with Crippen molar-refractivity contribution in [2.45, 2.75) is 39.1 Å². The molecule has 0 unspecified atom stereocenters. The topological polar surface area (TPSA) is 87.5 Å². The third-order valence-corrected chi connectivity index (χ3v) is 10.8. The van der Waals surface area contributed by atoms with Gasteiger partial charge in [0, 0.05) is 60.6 Å². The lowest BCUT2D eigenvalue weighted by Crippen LogP contribution is -2.52. The van der Waals surface area contributed by atoms with Crippen molar-refractivity contribution in [3.05, 3.63) is 135 Å². The average molecular weight is 772 g/mol. The van der Waals surface area contributed by atoms with E-state index in [1.54, 1.807) is 55.5 Å². The molecule has 12 heteroatoms. The minimum atomic E-state index is -0.448. The van der Waals surface area contributed by atoms with Crippen LogP contribution >= 0.6 is 24.0 Å². The lowest BCUT2D eigenvalue weighted by atomic mass is 9.92. The first-order valence-corrected chi connectivity index (χ1v) is 18.3. The summed E-state index contributed by atoms with van der Waals surface area (Å²) >= 11 is 6.68. The van der Waals surface area contributed by atoms with Crippen LogP contribution in [0.25, 0.3) is 11.3 Å². The van der Waals surface area contributed by atoms with Crippen LogP contribution in [0.3, 0.4) is 0 Å². The number of phenols is 1. The van der Waals surface area contributed by atoms with E-state index in [0.29, 0.717) is 82.9 Å². The molecule has 280 valence electrons. The Morgan fingerprint density at radius 1 is 0.870 bits per heavy atom. The molecule has 1 N–H and O–H groups in total. The molecule has 0 radical (unpaired) electrons. The van der Waals surface area contributed by atoms with Gasteiger partial charge in [0.15, 0.2) is 0 Å². The van der Waals surface area contributed by atoms with E-state index >= 15 is 0 Å². The van der Waals surface area contributed by atoms with Crippen molar-refractivity contribution in [2.75, 3.05) is 44.4 Å². The molecular weight excluding hydrogens is 730 g/mol. The number of amides is 2. The molecule has 54 heavy (non-hydrogen) atoms. The van der Waals surface area contributed by atoms with Gasteiger partial charge in [0.1, 0.15) is 11.6 Å². The Morgan fingerprint density at radius 3 is 2.35 bits per heavy atom. The standard InChI is InChI=1S/C42H40ClFN4O5.ClH/c1-27-6-8-32(22-38(27)44)48(31-9-11-34(49)12-10-31)42(51)37-23-39(46-16-19-53-26-40(37)46)36-21-30(43)7-13-35(36)41(50)47-24-29-5-3-2-4-28(29)20-33(47)25-45-14-17-52-18-15-45;/h2-13,21-23,33,49H,14-20,24-26H2,1H3;1H/t33-;/m0./s1. The van der Waals surface area contributed by atoms with Gasteiger partial charge >= 0.3 is 0 Å². The summed E-state index contributed by atoms with van der Waals surface area (Å²) < 4.78 is 28.5. The molecule has 0 bridgehead atoms. The van der Waals surface area contributed by atoms with Crippen LogP contribution in [0.4, 0.5) is 15.8 Å². The highest BCUT2D eigenvalue weighted by Gasteiger charge is 2.35. The Kier molecular flexibility index (Phi) is 11.1. The Morgan fingerprint density at radius 2 is 1.59 bits per heavy atom. The highest BCUT2D eigenvalue weighted by molar-refractivity contribution is 6.31. The Hall–Kier alpha value is -4.71. The highest BCUT2D eigenvalue weighted by atomic mass is 35.5. The fourth-order valence-electron chi connectivity index (χ4n) is 7.70. The zero-order valence-corrected chi connectivity index (χ0v) is 31.4. The smallest absolute Gasteiger partial charge is 0.264 e. The number of ether oxygens (including phenoxy) is 2. The molecule has 3 aliphatic heterocycles. The number of phenolic OH excluding ortho intramolecular Hbond substituents is 1. The number of fused-ring (bicyclic) bond motifs is 2. The molecule has 1 aromatic heterocycles. The fraction of sp³-hybridized carbons (Fsp3) is 0.286. The van der Waals surface area contributed by atoms with E-state index in [2.05, 4.69) is 23.1 Å². The Balaban J connectivity index is 0.00000450. The quantitative estimate of drug-likeness (QED) is 0.182. The molecule has 4 aromatic carbocycles. The number of aryl methyl sites for hydroxylation is 1. The van der Waals surface area contributed by atoms with Gasteiger partial charge < -0.3 is 24.0 Å². The van der Waals surface area contributed by atoms with E-state index in [1.807, 2.05) is 15.5 Å². The third-order valence-electron chi connectivity index (χ3n) is 10.5. The summed E-state index contributed by atoms with van der Waals surface area (Å²) in [6.07, 6.45) is 0.741. The number of aromatic nitrogens is 1. The normalized spacial score (nSPS) is 16.9. The number of hydrogen-bond acceptors (Lipinski definition) is 6. The van der Waals surface area contributed by atoms with Crippen LogP contribution in [0.1, 0.15) is 43.1 Å². The number of aromatic hydroxyl groups is 1. The largest absolute Gasteiger partial charge is 0.508 e. The summed E-state index contributed by atoms with van der Waals surface area (Å²) in [5, 5.41) is 10.5. The maximum atomic E-state index is 15.0. The number of halogens is 3. The fourth-order valence-corrected chi connectivity index (χ4v) is 7.87. The summed E-state index contributed by atoms with van der Waals surface area (Å²) in [5.74, 6) is -0.930. The van der Waals surface area contributed by atoms with Crippen LogP contribution in [-0.2, 0) is 35.6 Å². The van der Waals surface area contributed by atoms with Crippen molar-refractivity contribution >= 4 is 47.2 Å². The molecular formula is C42H41Cl2FN4O5. The number of rotatable bonds is 7. The predicted molar refractivity (Wildman–Crippen MR) is 209 cm³/mol. The molecule has 1 atom stereocenters. The Bertz CT molecular complexity index is 2190. The lowest BCUT2D eigenvalue weighted by molar-refractivity contribution is 0.0193. The zero-order valence-electron chi connectivity index (χ0n) is 29.8. The van der Waals surface area contributed by atoms with Crippen molar-refractivity contribution in [1.82, 2.24) is 14.4 Å². The molecule has 5 aromatic rings. The summed E-state index contributed by atoms with van der Waals surface area (Å²) in [4.78, 5) is 35.5. The second-order valence-electron chi connectivity index (χ2n) is 13.8. The molecule has 1 fully saturated rings. The Labute approximate surface area is 324 Å². The second-order valence-corrected chi connectivity index (χ2v) is 14.3. The first-order valence-electron chi connectivity index (χ1n) is 17.9. The number of morpholine rings is 1. The van der Waals surface area contributed by atoms with Crippen LogP contribution < -0.4 is 4.90 Å². The third kappa shape index (κ3) is 7.37. The average Bonchev–Trinajstić information content (AvgIpc) is 3.56. The van der Waals surface area contributed by atoms with Gasteiger partial charge in [-0.3, -0.25) is 19.4 Å². The van der Waals surface area contributed by atoms with E-state index in [0.717, 1.165) is 31.6 Å². The molecule has 2 amide bonds. The van der Waals surface area contributed by atoms with E-state index in [9.17, 15) is 19.1 Å². The van der Waals surface area contributed by atoms with Crippen molar-refractivity contribution in [3.63, 3.8) is 0 Å². The van der Waals surface area contributed by atoms with E-state index in [1.165, 1.54) is 28.7 Å². The van der Waals surface area contributed by atoms with Crippen molar-refractivity contribution < 1.29 is 28.6 Å². The molecule has 9 nitrogen and oxygen atoms in total. The van der Waals surface area contributed by atoms with Crippen LogP contribution in [0, 0.1) is 12.7 Å². The number of carbonyl (C=O) groups excluding carboxylic acids is 2. The predicted octanol–water partition coefficient (Wildman–Crippen LogP) is 7.79. The number of anilines is 2. The molecule has 0 spiro atoms. The molecule has 0 saturated carbocycles. The van der Waals surface area contributed by atoms with Crippen LogP contribution in [0.15, 0.2) is 91.0 Å². The van der Waals surface area contributed by atoms with Gasteiger partial charge in [0.2, 0.25) is 0 Å². The van der Waals surface area contributed by atoms with E-state index < -0.39 is 11.7 Å². The first kappa shape index (κ1) is 37.6. The van der Waals surface area contributed by atoms with Crippen molar-refractivity contribution in [3.8, 4) is 17.0 Å². The maximum Gasteiger partial charge on any atom is 0.264 e. The highest BCUT2D eigenvalue weighted by Crippen LogP contribution is 2.38. The van der Waals surface area contributed by atoms with Crippen molar-refractivity contribution in [1.29, 1.82) is 0 Å². The molecule has 4 heterocycles. The van der Waals surface area contributed by atoms with E-state index in [-0.39, 0.29) is 36.7 Å².